The summed E-state index contributed by atoms with van der Waals surface area (Å²) in [6.45, 7) is 5.64. The second kappa shape index (κ2) is 8.97. The number of carbonyl (C=O) groups is 1. The van der Waals surface area contributed by atoms with Crippen molar-refractivity contribution in [3.05, 3.63) is 53.6 Å². The van der Waals surface area contributed by atoms with Gasteiger partial charge in [-0.15, -0.1) is 0 Å². The molecule has 1 amide bonds. The van der Waals surface area contributed by atoms with E-state index in [9.17, 15) is 4.79 Å². The van der Waals surface area contributed by atoms with Gasteiger partial charge < -0.3 is 19.5 Å². The van der Waals surface area contributed by atoms with Crippen LogP contribution in [0.5, 0.6) is 17.2 Å². The van der Waals surface area contributed by atoms with Gasteiger partial charge in [0.1, 0.15) is 19.0 Å². The number of hydrogen-bond donors (Lipinski definition) is 1. The fourth-order valence-electron chi connectivity index (χ4n) is 3.25. The van der Waals surface area contributed by atoms with E-state index >= 15 is 0 Å². The second-order valence-electron chi connectivity index (χ2n) is 7.04. The maximum Gasteiger partial charge on any atom is 0.237 e. The van der Waals surface area contributed by atoms with Gasteiger partial charge in [-0.1, -0.05) is 24.3 Å². The topological polar surface area (TPSA) is 60.0 Å². The van der Waals surface area contributed by atoms with Crippen LogP contribution in [0.4, 0.5) is 0 Å². The summed E-state index contributed by atoms with van der Waals surface area (Å²) in [5, 5.41) is 3.08. The van der Waals surface area contributed by atoms with Crippen LogP contribution in [0.2, 0.25) is 0 Å². The number of fused-ring (bicyclic) bond motifs is 1. The molecule has 1 N–H and O–H groups in total. The van der Waals surface area contributed by atoms with E-state index in [2.05, 4.69) is 5.32 Å². The number of nitrogens with one attached hydrogen (secondary N) is 1. The predicted octanol–water partition coefficient (Wildman–Crippen LogP) is 3.16. The zero-order valence-electron chi connectivity index (χ0n) is 16.9. The minimum Gasteiger partial charge on any atom is -0.496 e. The number of ether oxygens (including phenoxy) is 3. The SMILES string of the molecule is COc1ccccc1C(C)NC(=O)C(C)N(C)Cc1ccc2c(c1)OCCO2. The number of carbonyl (C=O) groups excluding carboxylic acids is 1. The van der Waals surface area contributed by atoms with Gasteiger partial charge >= 0.3 is 0 Å². The first-order chi connectivity index (χ1) is 13.5. The van der Waals surface area contributed by atoms with Crippen LogP contribution >= 0.6 is 0 Å². The molecule has 28 heavy (non-hydrogen) atoms. The molecule has 2 unspecified atom stereocenters. The summed E-state index contributed by atoms with van der Waals surface area (Å²) in [5.74, 6) is 2.28. The number of para-hydroxylation sites is 1. The van der Waals surface area contributed by atoms with E-state index in [0.717, 1.165) is 28.4 Å². The summed E-state index contributed by atoms with van der Waals surface area (Å²) < 4.78 is 16.6. The van der Waals surface area contributed by atoms with E-state index in [4.69, 9.17) is 14.2 Å². The van der Waals surface area contributed by atoms with Gasteiger partial charge in [0.25, 0.3) is 0 Å². The van der Waals surface area contributed by atoms with Crippen LogP contribution in [0.3, 0.4) is 0 Å². The lowest BCUT2D eigenvalue weighted by atomic mass is 10.1. The Morgan fingerprint density at radius 3 is 2.61 bits per heavy atom. The summed E-state index contributed by atoms with van der Waals surface area (Å²) >= 11 is 0. The Bertz CT molecular complexity index is 824. The van der Waals surface area contributed by atoms with Crippen molar-refractivity contribution >= 4 is 5.91 Å². The van der Waals surface area contributed by atoms with E-state index < -0.39 is 0 Å². The lowest BCUT2D eigenvalue weighted by Crippen LogP contribution is -2.43. The zero-order valence-corrected chi connectivity index (χ0v) is 16.9. The highest BCUT2D eigenvalue weighted by Crippen LogP contribution is 2.31. The zero-order chi connectivity index (χ0) is 20.1. The Hall–Kier alpha value is -2.73. The molecule has 0 saturated carbocycles. The number of methoxy groups -OCH3 is 1. The van der Waals surface area contributed by atoms with E-state index in [1.165, 1.54) is 0 Å². The Kier molecular flexibility index (Phi) is 6.41. The van der Waals surface area contributed by atoms with Crippen LogP contribution in [0.25, 0.3) is 0 Å². The second-order valence-corrected chi connectivity index (χ2v) is 7.04. The summed E-state index contributed by atoms with van der Waals surface area (Å²) in [7, 11) is 3.58. The van der Waals surface area contributed by atoms with Crippen molar-refractivity contribution < 1.29 is 19.0 Å². The maximum absolute atomic E-state index is 12.8. The van der Waals surface area contributed by atoms with Crippen molar-refractivity contribution in [3.63, 3.8) is 0 Å². The van der Waals surface area contributed by atoms with Crippen molar-refractivity contribution in [3.8, 4) is 17.2 Å². The third kappa shape index (κ3) is 4.57. The minimum absolute atomic E-state index is 0.0292. The molecule has 6 heteroatoms. The normalized spacial score (nSPS) is 15.0. The van der Waals surface area contributed by atoms with E-state index in [1.807, 2.05) is 68.3 Å². The monoisotopic (exact) mass is 384 g/mol. The lowest BCUT2D eigenvalue weighted by Gasteiger charge is -2.27. The van der Waals surface area contributed by atoms with Crippen LogP contribution < -0.4 is 19.5 Å². The molecule has 0 spiro atoms. The van der Waals surface area contributed by atoms with Gasteiger partial charge in [0.05, 0.1) is 19.2 Å². The van der Waals surface area contributed by atoms with Gasteiger partial charge in [-0.05, 0) is 44.7 Å². The molecule has 0 bridgehead atoms. The smallest absolute Gasteiger partial charge is 0.237 e. The van der Waals surface area contributed by atoms with Crippen molar-refractivity contribution in [2.75, 3.05) is 27.4 Å². The minimum atomic E-state index is -0.287. The molecule has 0 aliphatic carbocycles. The highest BCUT2D eigenvalue weighted by molar-refractivity contribution is 5.81. The molecule has 3 rings (SSSR count). The summed E-state index contributed by atoms with van der Waals surface area (Å²) in [4.78, 5) is 14.8. The van der Waals surface area contributed by atoms with Crippen LogP contribution in [-0.4, -0.2) is 44.2 Å². The molecule has 1 aliphatic heterocycles. The Morgan fingerprint density at radius 1 is 1.14 bits per heavy atom. The Labute approximate surface area is 166 Å². The first-order valence-electron chi connectivity index (χ1n) is 9.51. The molecule has 0 aromatic heterocycles. The van der Waals surface area contributed by atoms with Crippen LogP contribution in [-0.2, 0) is 11.3 Å². The quantitative estimate of drug-likeness (QED) is 0.795. The predicted molar refractivity (Wildman–Crippen MR) is 108 cm³/mol. The lowest BCUT2D eigenvalue weighted by molar-refractivity contribution is -0.126. The molecular weight excluding hydrogens is 356 g/mol. The molecule has 2 aromatic rings. The highest BCUT2D eigenvalue weighted by atomic mass is 16.6. The number of likely N-dealkylation sites (N-methyl/N-ethyl adjacent to an activating group) is 1. The van der Waals surface area contributed by atoms with Gasteiger partial charge in [0.15, 0.2) is 11.5 Å². The molecule has 2 atom stereocenters. The molecule has 0 fully saturated rings. The standard InChI is InChI=1S/C22H28N2O4/c1-15(18-7-5-6-8-19(18)26-4)23-22(25)16(2)24(3)14-17-9-10-20-21(13-17)28-12-11-27-20/h5-10,13,15-16H,11-12,14H2,1-4H3,(H,23,25). The summed E-state index contributed by atoms with van der Waals surface area (Å²) in [5.41, 5.74) is 2.03. The van der Waals surface area contributed by atoms with Crippen molar-refractivity contribution in [1.29, 1.82) is 0 Å². The van der Waals surface area contributed by atoms with Crippen molar-refractivity contribution in [1.82, 2.24) is 10.2 Å². The number of benzene rings is 2. The van der Waals surface area contributed by atoms with Gasteiger partial charge in [-0.2, -0.15) is 0 Å². The maximum atomic E-state index is 12.8. The van der Waals surface area contributed by atoms with Crippen LogP contribution in [0, 0.1) is 0 Å². The van der Waals surface area contributed by atoms with Gasteiger partial charge in [0.2, 0.25) is 5.91 Å². The molecule has 1 heterocycles. The first-order valence-corrected chi connectivity index (χ1v) is 9.51. The third-order valence-electron chi connectivity index (χ3n) is 5.04. The van der Waals surface area contributed by atoms with E-state index in [0.29, 0.717) is 19.8 Å². The highest BCUT2D eigenvalue weighted by Gasteiger charge is 2.22. The van der Waals surface area contributed by atoms with Crippen molar-refractivity contribution in [2.24, 2.45) is 0 Å². The van der Waals surface area contributed by atoms with Gasteiger partial charge in [-0.3, -0.25) is 9.69 Å². The average molecular weight is 384 g/mol. The van der Waals surface area contributed by atoms with Crippen molar-refractivity contribution in [2.45, 2.75) is 32.5 Å². The Balaban J connectivity index is 1.61. The fourth-order valence-corrected chi connectivity index (χ4v) is 3.25. The number of hydrogen-bond acceptors (Lipinski definition) is 5. The van der Waals surface area contributed by atoms with Crippen LogP contribution in [0.1, 0.15) is 31.0 Å². The fraction of sp³-hybridized carbons (Fsp3) is 0.409. The molecular formula is C22H28N2O4. The molecule has 6 nitrogen and oxygen atoms in total. The first kappa shape index (κ1) is 20.0. The number of amides is 1. The summed E-state index contributed by atoms with van der Waals surface area (Å²) in [6.07, 6.45) is 0. The van der Waals surface area contributed by atoms with Gasteiger partial charge in [-0.25, -0.2) is 0 Å². The van der Waals surface area contributed by atoms with Crippen LogP contribution in [0.15, 0.2) is 42.5 Å². The number of nitrogens with zero attached hydrogens (tertiary/aromatic N) is 1. The average Bonchev–Trinajstić information content (AvgIpc) is 2.72. The summed E-state index contributed by atoms with van der Waals surface area (Å²) in [6, 6.07) is 13.2. The molecule has 2 aromatic carbocycles. The molecule has 150 valence electrons. The molecule has 0 radical (unpaired) electrons. The number of rotatable bonds is 7. The molecule has 0 saturated heterocycles. The molecule has 1 aliphatic rings. The van der Waals surface area contributed by atoms with Gasteiger partial charge in [0, 0.05) is 12.1 Å². The third-order valence-corrected chi connectivity index (χ3v) is 5.04. The van der Waals surface area contributed by atoms with E-state index in [-0.39, 0.29) is 18.0 Å². The largest absolute Gasteiger partial charge is 0.496 e. The Morgan fingerprint density at radius 2 is 1.86 bits per heavy atom. The van der Waals surface area contributed by atoms with E-state index in [1.54, 1.807) is 7.11 Å².